The Morgan fingerprint density at radius 3 is 2.48 bits per heavy atom. The van der Waals surface area contributed by atoms with E-state index in [9.17, 15) is 9.59 Å². The number of carbonyl (C=O) groups is 2. The molecule has 0 bridgehead atoms. The van der Waals surface area contributed by atoms with Gasteiger partial charge in [-0.25, -0.2) is 0 Å². The van der Waals surface area contributed by atoms with Crippen molar-refractivity contribution >= 4 is 28.5 Å². The number of furan rings is 1. The zero-order valence-electron chi connectivity index (χ0n) is 15.9. The normalized spacial score (nSPS) is 13.0. The molecule has 29 heavy (non-hydrogen) atoms. The van der Waals surface area contributed by atoms with Gasteiger partial charge in [-0.15, -0.1) is 0 Å². The summed E-state index contributed by atoms with van der Waals surface area (Å²) in [7, 11) is 0. The highest BCUT2D eigenvalue weighted by atomic mass is 16.5. The summed E-state index contributed by atoms with van der Waals surface area (Å²) >= 11 is 0. The number of nitrogens with one attached hydrogen (secondary N) is 1. The van der Waals surface area contributed by atoms with Crippen LogP contribution >= 0.6 is 0 Å². The second-order valence-electron chi connectivity index (χ2n) is 6.99. The van der Waals surface area contributed by atoms with Crippen molar-refractivity contribution in [1.29, 1.82) is 0 Å². The summed E-state index contributed by atoms with van der Waals surface area (Å²) in [4.78, 5) is 22.9. The van der Waals surface area contributed by atoms with Crippen LogP contribution in [0.1, 0.15) is 24.2 Å². The minimum atomic E-state index is -0.548. The van der Waals surface area contributed by atoms with Crippen LogP contribution in [0.3, 0.4) is 0 Å². The van der Waals surface area contributed by atoms with Crippen LogP contribution in [0, 0.1) is 0 Å². The molecule has 1 aliphatic carbocycles. The molecule has 4 rings (SSSR count). The Balaban J connectivity index is 1.34. The number of rotatable bonds is 7. The van der Waals surface area contributed by atoms with Crippen molar-refractivity contribution in [3.05, 3.63) is 53.8 Å². The number of aryl methyl sites for hydroxylation is 2. The smallest absolute Gasteiger partial charge is 0.262 e. The Hall–Kier alpha value is -3.48. The van der Waals surface area contributed by atoms with Crippen molar-refractivity contribution in [2.24, 2.45) is 5.73 Å². The van der Waals surface area contributed by atoms with Crippen molar-refractivity contribution in [1.82, 2.24) is 0 Å². The zero-order chi connectivity index (χ0) is 20.2. The molecule has 0 fully saturated rings. The molecule has 0 radical (unpaired) electrons. The number of benzene rings is 2. The molecule has 3 aromatic rings. The number of carbonyl (C=O) groups excluding carboxylic acids is 2. The van der Waals surface area contributed by atoms with E-state index < -0.39 is 5.91 Å². The van der Waals surface area contributed by atoms with Crippen LogP contribution in [-0.2, 0) is 22.4 Å². The van der Waals surface area contributed by atoms with E-state index in [0.717, 1.165) is 36.0 Å². The number of hydrogen-bond acceptors (Lipinski definition) is 5. The maximum Gasteiger partial charge on any atom is 0.262 e. The monoisotopic (exact) mass is 394 g/mol. The van der Waals surface area contributed by atoms with E-state index in [1.54, 1.807) is 24.3 Å². The first kappa shape index (κ1) is 18.9. The van der Waals surface area contributed by atoms with Crippen LogP contribution in [0.5, 0.6) is 11.5 Å². The fraction of sp³-hybridized carbons (Fsp3) is 0.273. The molecule has 0 saturated carbocycles. The second-order valence-corrected chi connectivity index (χ2v) is 6.99. The molecule has 1 heterocycles. The molecule has 0 saturated heterocycles. The predicted octanol–water partition coefficient (Wildman–Crippen LogP) is 3.19. The van der Waals surface area contributed by atoms with Crippen LogP contribution in [0.15, 0.2) is 46.9 Å². The van der Waals surface area contributed by atoms with Crippen molar-refractivity contribution in [3.8, 4) is 11.5 Å². The summed E-state index contributed by atoms with van der Waals surface area (Å²) in [6.45, 7) is -0.296. The summed E-state index contributed by atoms with van der Waals surface area (Å²) in [5, 5.41) is 3.83. The van der Waals surface area contributed by atoms with Crippen LogP contribution in [0.25, 0.3) is 11.0 Å². The molecule has 7 heteroatoms. The average molecular weight is 394 g/mol. The molecular weight excluding hydrogens is 372 g/mol. The van der Waals surface area contributed by atoms with E-state index in [0.29, 0.717) is 17.2 Å². The fourth-order valence-corrected chi connectivity index (χ4v) is 3.47. The van der Waals surface area contributed by atoms with Crippen LogP contribution in [0.4, 0.5) is 5.69 Å². The highest BCUT2D eigenvalue weighted by molar-refractivity contribution is 5.92. The van der Waals surface area contributed by atoms with Crippen molar-refractivity contribution in [3.63, 3.8) is 0 Å². The largest absolute Gasteiger partial charge is 0.484 e. The zero-order valence-corrected chi connectivity index (χ0v) is 15.9. The molecule has 1 aromatic heterocycles. The minimum Gasteiger partial charge on any atom is -0.484 e. The van der Waals surface area contributed by atoms with Crippen molar-refractivity contribution < 1.29 is 23.5 Å². The first-order valence-corrected chi connectivity index (χ1v) is 9.56. The lowest BCUT2D eigenvalue weighted by atomic mass is 9.96. The van der Waals surface area contributed by atoms with E-state index >= 15 is 0 Å². The summed E-state index contributed by atoms with van der Waals surface area (Å²) in [5.41, 5.74) is 7.77. The summed E-state index contributed by atoms with van der Waals surface area (Å²) < 4.78 is 16.8. The standard InChI is InChI=1S/C22H22N2O5/c23-21(25)12-27-15-7-5-14(6-8-15)24-22(26)13-28-16-9-10-20-18(11-16)17-3-1-2-4-19(17)29-20/h5-11H,1-4,12-13H2,(H2,23,25)(H,24,26). The first-order valence-electron chi connectivity index (χ1n) is 9.56. The molecule has 3 N–H and O–H groups in total. The Morgan fingerprint density at radius 1 is 0.966 bits per heavy atom. The number of hydrogen-bond donors (Lipinski definition) is 2. The van der Waals surface area contributed by atoms with Gasteiger partial charge in [-0.1, -0.05) is 0 Å². The number of ether oxygens (including phenoxy) is 2. The molecule has 0 unspecified atom stereocenters. The van der Waals surface area contributed by atoms with E-state index in [-0.39, 0.29) is 19.1 Å². The quantitative estimate of drug-likeness (QED) is 0.640. The number of fused-ring (bicyclic) bond motifs is 3. The SMILES string of the molecule is NC(=O)COc1ccc(NC(=O)COc2ccc3oc4c(c3c2)CCCC4)cc1. The molecule has 2 aromatic carbocycles. The van der Waals surface area contributed by atoms with Crippen LogP contribution in [0.2, 0.25) is 0 Å². The van der Waals surface area contributed by atoms with Gasteiger partial charge in [0.25, 0.3) is 11.8 Å². The maximum absolute atomic E-state index is 12.2. The van der Waals surface area contributed by atoms with Crippen molar-refractivity contribution in [2.75, 3.05) is 18.5 Å². The molecule has 2 amide bonds. The number of anilines is 1. The van der Waals surface area contributed by atoms with E-state index in [1.807, 2.05) is 18.2 Å². The molecule has 0 atom stereocenters. The van der Waals surface area contributed by atoms with Gasteiger partial charge in [0.2, 0.25) is 0 Å². The van der Waals surface area contributed by atoms with Gasteiger partial charge in [0.05, 0.1) is 0 Å². The predicted molar refractivity (Wildman–Crippen MR) is 108 cm³/mol. The third-order valence-corrected chi connectivity index (χ3v) is 4.82. The molecule has 7 nitrogen and oxygen atoms in total. The highest BCUT2D eigenvalue weighted by Crippen LogP contribution is 2.33. The fourth-order valence-electron chi connectivity index (χ4n) is 3.47. The Labute approximate surface area is 167 Å². The van der Waals surface area contributed by atoms with Crippen LogP contribution in [-0.4, -0.2) is 25.0 Å². The topological polar surface area (TPSA) is 104 Å². The van der Waals surface area contributed by atoms with Gasteiger partial charge in [0.15, 0.2) is 13.2 Å². The van der Waals surface area contributed by atoms with Gasteiger partial charge < -0.3 is 24.9 Å². The lowest BCUT2D eigenvalue weighted by Crippen LogP contribution is -2.20. The van der Waals surface area contributed by atoms with Gasteiger partial charge >= 0.3 is 0 Å². The molecule has 0 spiro atoms. The average Bonchev–Trinajstić information content (AvgIpc) is 3.10. The number of nitrogens with two attached hydrogens (primary N) is 1. The molecular formula is C22H22N2O5. The Bertz CT molecular complexity index is 1040. The summed E-state index contributed by atoms with van der Waals surface area (Å²) in [6.07, 6.45) is 4.33. The molecule has 1 aliphatic rings. The second kappa shape index (κ2) is 8.26. The number of amides is 2. The van der Waals surface area contributed by atoms with Gasteiger partial charge in [-0.2, -0.15) is 0 Å². The van der Waals surface area contributed by atoms with Crippen molar-refractivity contribution in [2.45, 2.75) is 25.7 Å². The van der Waals surface area contributed by atoms with Gasteiger partial charge in [-0.05, 0) is 61.7 Å². The highest BCUT2D eigenvalue weighted by Gasteiger charge is 2.18. The summed E-state index contributed by atoms with van der Waals surface area (Å²) in [5.74, 6) is 1.38. The molecule has 150 valence electrons. The minimum absolute atomic E-state index is 0.106. The van der Waals surface area contributed by atoms with E-state index in [1.165, 1.54) is 12.0 Å². The Kier molecular flexibility index (Phi) is 5.37. The van der Waals surface area contributed by atoms with E-state index in [4.69, 9.17) is 19.6 Å². The third kappa shape index (κ3) is 4.51. The van der Waals surface area contributed by atoms with Gasteiger partial charge in [0.1, 0.15) is 22.8 Å². The lowest BCUT2D eigenvalue weighted by molar-refractivity contribution is -0.120. The summed E-state index contributed by atoms with van der Waals surface area (Å²) in [6, 6.07) is 12.3. The number of primary amides is 1. The third-order valence-electron chi connectivity index (χ3n) is 4.82. The van der Waals surface area contributed by atoms with Gasteiger partial charge in [-0.3, -0.25) is 9.59 Å². The van der Waals surface area contributed by atoms with Crippen LogP contribution < -0.4 is 20.5 Å². The Morgan fingerprint density at radius 2 is 1.69 bits per heavy atom. The van der Waals surface area contributed by atoms with E-state index in [2.05, 4.69) is 5.32 Å². The first-order chi connectivity index (χ1) is 14.1. The maximum atomic E-state index is 12.2. The molecule has 0 aliphatic heterocycles. The van der Waals surface area contributed by atoms with Gasteiger partial charge in [0, 0.05) is 23.1 Å². The lowest BCUT2D eigenvalue weighted by Gasteiger charge is -2.10.